The normalized spacial score (nSPS) is 18.3. The van der Waals surface area contributed by atoms with Crippen LogP contribution in [0, 0.1) is 0 Å². The molecule has 0 radical (unpaired) electrons. The van der Waals surface area contributed by atoms with Gasteiger partial charge in [-0.25, -0.2) is 0 Å². The summed E-state index contributed by atoms with van der Waals surface area (Å²) in [6.07, 6.45) is 0.896. The first-order valence-electron chi connectivity index (χ1n) is 10.0. The van der Waals surface area contributed by atoms with Crippen LogP contribution < -0.4 is 4.74 Å². The maximum absolute atomic E-state index is 13.0. The second-order valence-electron chi connectivity index (χ2n) is 7.62. The highest BCUT2D eigenvalue weighted by atomic mass is 16.5. The van der Waals surface area contributed by atoms with E-state index in [-0.39, 0.29) is 11.3 Å². The van der Waals surface area contributed by atoms with E-state index in [1.54, 1.807) is 36.3 Å². The lowest BCUT2D eigenvalue weighted by molar-refractivity contribution is -0.140. The molecule has 1 N–H and O–H groups in total. The maximum Gasteiger partial charge on any atom is 0.295 e. The Kier molecular flexibility index (Phi) is 6.57. The van der Waals surface area contributed by atoms with E-state index in [4.69, 9.17) is 4.74 Å². The van der Waals surface area contributed by atoms with Gasteiger partial charge < -0.3 is 19.6 Å². The Morgan fingerprint density at radius 2 is 1.70 bits per heavy atom. The monoisotopic (exact) mass is 408 g/mol. The largest absolute Gasteiger partial charge is 0.507 e. The van der Waals surface area contributed by atoms with Crippen LogP contribution in [0.15, 0.2) is 54.1 Å². The molecule has 1 saturated heterocycles. The number of amides is 1. The highest BCUT2D eigenvalue weighted by molar-refractivity contribution is 6.46. The predicted molar refractivity (Wildman–Crippen MR) is 116 cm³/mol. The second-order valence-corrected chi connectivity index (χ2v) is 7.62. The fourth-order valence-electron chi connectivity index (χ4n) is 3.60. The number of aliphatic hydroxyl groups excluding tert-OH is 1. The molecule has 6 heteroatoms. The molecule has 1 atom stereocenters. The molecule has 158 valence electrons. The van der Waals surface area contributed by atoms with Gasteiger partial charge in [-0.15, -0.1) is 0 Å². The van der Waals surface area contributed by atoms with Crippen molar-refractivity contribution in [2.45, 2.75) is 19.4 Å². The van der Waals surface area contributed by atoms with E-state index in [9.17, 15) is 14.7 Å². The fraction of sp³-hybridized carbons (Fsp3) is 0.333. The number of Topliss-reactive ketones (excluding diaryl/α,β-unsaturated/α-hetero) is 1. The van der Waals surface area contributed by atoms with Gasteiger partial charge in [0.15, 0.2) is 0 Å². The Balaban J connectivity index is 2.11. The number of methoxy groups -OCH3 is 1. The summed E-state index contributed by atoms with van der Waals surface area (Å²) in [5, 5.41) is 11.0. The third-order valence-electron chi connectivity index (χ3n) is 5.40. The van der Waals surface area contributed by atoms with Crippen LogP contribution in [-0.2, 0) is 16.0 Å². The van der Waals surface area contributed by atoms with Crippen molar-refractivity contribution in [1.29, 1.82) is 0 Å². The molecule has 1 unspecified atom stereocenters. The Labute approximate surface area is 177 Å². The summed E-state index contributed by atoms with van der Waals surface area (Å²) >= 11 is 0. The minimum Gasteiger partial charge on any atom is -0.507 e. The van der Waals surface area contributed by atoms with E-state index in [2.05, 4.69) is 6.92 Å². The van der Waals surface area contributed by atoms with Gasteiger partial charge in [0.05, 0.1) is 18.7 Å². The fourth-order valence-corrected chi connectivity index (χ4v) is 3.60. The van der Waals surface area contributed by atoms with Gasteiger partial charge in [-0.05, 0) is 55.9 Å². The third-order valence-corrected chi connectivity index (χ3v) is 5.40. The molecule has 0 bridgehead atoms. The molecule has 2 aromatic rings. The Morgan fingerprint density at radius 1 is 1.07 bits per heavy atom. The Hall–Kier alpha value is -3.12. The highest BCUT2D eigenvalue weighted by Gasteiger charge is 2.45. The minimum absolute atomic E-state index is 0.119. The van der Waals surface area contributed by atoms with Gasteiger partial charge in [-0.1, -0.05) is 31.2 Å². The lowest BCUT2D eigenvalue weighted by Gasteiger charge is -2.26. The number of hydrogen-bond donors (Lipinski definition) is 1. The summed E-state index contributed by atoms with van der Waals surface area (Å²) in [5.74, 6) is -0.777. The smallest absolute Gasteiger partial charge is 0.295 e. The molecule has 0 spiro atoms. The zero-order valence-electron chi connectivity index (χ0n) is 17.9. The number of likely N-dealkylation sites (tertiary alicyclic amines) is 1. The predicted octanol–water partition coefficient (Wildman–Crippen LogP) is 3.24. The first-order chi connectivity index (χ1) is 14.4. The average Bonchev–Trinajstić information content (AvgIpc) is 3.02. The number of likely N-dealkylation sites (N-methyl/N-ethyl adjacent to an activating group) is 1. The van der Waals surface area contributed by atoms with Crippen molar-refractivity contribution in [3.63, 3.8) is 0 Å². The topological polar surface area (TPSA) is 70.1 Å². The number of hydrogen-bond acceptors (Lipinski definition) is 5. The van der Waals surface area contributed by atoms with Gasteiger partial charge in [0.25, 0.3) is 11.7 Å². The summed E-state index contributed by atoms with van der Waals surface area (Å²) < 4.78 is 5.16. The molecule has 1 aliphatic rings. The number of ether oxygens (including phenoxy) is 1. The molecule has 0 saturated carbocycles. The van der Waals surface area contributed by atoms with Crippen molar-refractivity contribution >= 4 is 17.4 Å². The second kappa shape index (κ2) is 9.13. The number of aliphatic hydroxyl groups is 1. The van der Waals surface area contributed by atoms with Crippen LogP contribution in [0.1, 0.15) is 29.7 Å². The van der Waals surface area contributed by atoms with E-state index in [1.807, 2.05) is 43.3 Å². The molecule has 1 fully saturated rings. The quantitative estimate of drug-likeness (QED) is 0.433. The molecule has 30 heavy (non-hydrogen) atoms. The number of benzene rings is 2. The zero-order valence-corrected chi connectivity index (χ0v) is 17.9. The average molecular weight is 408 g/mol. The number of rotatable bonds is 7. The first-order valence-corrected chi connectivity index (χ1v) is 10.0. The molecule has 3 rings (SSSR count). The maximum atomic E-state index is 13.0. The molecular formula is C24H28N2O4. The van der Waals surface area contributed by atoms with Gasteiger partial charge >= 0.3 is 0 Å². The van der Waals surface area contributed by atoms with Gasteiger partial charge in [0, 0.05) is 18.7 Å². The Morgan fingerprint density at radius 3 is 2.23 bits per heavy atom. The standard InChI is InChI=1S/C24H28N2O4/c1-5-16-6-8-17(9-7-16)21-20(22(27)18-10-12-19(30-4)13-11-18)23(28)24(29)26(21)15-14-25(2)3/h6-13,21,27H,5,14-15H2,1-4H3/b22-20-. The van der Waals surface area contributed by atoms with E-state index in [1.165, 1.54) is 5.56 Å². The lowest BCUT2D eigenvalue weighted by Crippen LogP contribution is -2.35. The van der Waals surface area contributed by atoms with Crippen molar-refractivity contribution in [3.05, 3.63) is 70.8 Å². The van der Waals surface area contributed by atoms with Crippen LogP contribution in [-0.4, -0.2) is 60.9 Å². The van der Waals surface area contributed by atoms with Gasteiger partial charge in [-0.3, -0.25) is 9.59 Å². The van der Waals surface area contributed by atoms with E-state index < -0.39 is 17.7 Å². The van der Waals surface area contributed by atoms with Crippen LogP contribution in [0.2, 0.25) is 0 Å². The number of carbonyl (C=O) groups excluding carboxylic acids is 2. The summed E-state index contributed by atoms with van der Waals surface area (Å²) in [6.45, 7) is 3.07. The number of aryl methyl sites for hydroxylation is 1. The van der Waals surface area contributed by atoms with Crippen LogP contribution >= 0.6 is 0 Å². The minimum atomic E-state index is -0.661. The van der Waals surface area contributed by atoms with E-state index in [0.717, 1.165) is 12.0 Å². The van der Waals surface area contributed by atoms with Crippen molar-refractivity contribution in [1.82, 2.24) is 9.80 Å². The van der Waals surface area contributed by atoms with Crippen LogP contribution in [0.4, 0.5) is 0 Å². The molecule has 6 nitrogen and oxygen atoms in total. The van der Waals surface area contributed by atoms with Crippen LogP contribution in [0.25, 0.3) is 5.76 Å². The summed E-state index contributed by atoms with van der Waals surface area (Å²) in [4.78, 5) is 29.3. The Bertz CT molecular complexity index is 946. The summed E-state index contributed by atoms with van der Waals surface area (Å²) in [6, 6.07) is 14.0. The summed E-state index contributed by atoms with van der Waals surface area (Å²) in [5.41, 5.74) is 2.56. The summed E-state index contributed by atoms with van der Waals surface area (Å²) in [7, 11) is 5.39. The molecule has 0 aliphatic carbocycles. The van der Waals surface area contributed by atoms with E-state index in [0.29, 0.717) is 24.4 Å². The number of nitrogens with zero attached hydrogens (tertiary/aromatic N) is 2. The molecule has 2 aromatic carbocycles. The van der Waals surface area contributed by atoms with Crippen molar-refractivity contribution in [2.75, 3.05) is 34.3 Å². The SMILES string of the molecule is CCc1ccc(C2/C(=C(/O)c3ccc(OC)cc3)C(=O)C(=O)N2CCN(C)C)cc1. The number of ketones is 1. The molecule has 1 heterocycles. The van der Waals surface area contributed by atoms with Crippen LogP contribution in [0.5, 0.6) is 5.75 Å². The molecule has 1 amide bonds. The molecule has 0 aromatic heterocycles. The highest BCUT2D eigenvalue weighted by Crippen LogP contribution is 2.39. The van der Waals surface area contributed by atoms with Crippen LogP contribution in [0.3, 0.4) is 0 Å². The zero-order chi connectivity index (χ0) is 21.8. The molecular weight excluding hydrogens is 380 g/mol. The van der Waals surface area contributed by atoms with Crippen molar-refractivity contribution < 1.29 is 19.4 Å². The van der Waals surface area contributed by atoms with Crippen molar-refractivity contribution in [2.24, 2.45) is 0 Å². The number of carbonyl (C=O) groups is 2. The van der Waals surface area contributed by atoms with Gasteiger partial charge in [0.2, 0.25) is 0 Å². The van der Waals surface area contributed by atoms with E-state index >= 15 is 0 Å². The molecule has 1 aliphatic heterocycles. The lowest BCUT2D eigenvalue weighted by atomic mass is 9.94. The van der Waals surface area contributed by atoms with Gasteiger partial charge in [-0.2, -0.15) is 0 Å². The van der Waals surface area contributed by atoms with Crippen molar-refractivity contribution in [3.8, 4) is 5.75 Å². The third kappa shape index (κ3) is 4.24. The van der Waals surface area contributed by atoms with Gasteiger partial charge in [0.1, 0.15) is 11.5 Å². The first kappa shape index (κ1) is 21.6.